The van der Waals surface area contributed by atoms with Gasteiger partial charge in [-0.2, -0.15) is 0 Å². The molecular formula is C22H19FN2O3. The minimum absolute atomic E-state index is 0.219. The van der Waals surface area contributed by atoms with E-state index >= 15 is 0 Å². The summed E-state index contributed by atoms with van der Waals surface area (Å²) in [6, 6.07) is 11.9. The van der Waals surface area contributed by atoms with Gasteiger partial charge in [-0.1, -0.05) is 23.8 Å². The molecule has 142 valence electrons. The van der Waals surface area contributed by atoms with Gasteiger partial charge in [-0.05, 0) is 56.2 Å². The number of amides is 3. The molecule has 2 aliphatic rings. The molecule has 2 atom stereocenters. The number of fused-ring (bicyclic) bond motifs is 1. The van der Waals surface area contributed by atoms with Crippen LogP contribution in [0.1, 0.15) is 30.1 Å². The van der Waals surface area contributed by atoms with Crippen LogP contribution < -0.4 is 10.2 Å². The van der Waals surface area contributed by atoms with Crippen molar-refractivity contribution < 1.29 is 18.8 Å². The Morgan fingerprint density at radius 1 is 1.04 bits per heavy atom. The molecule has 28 heavy (non-hydrogen) atoms. The van der Waals surface area contributed by atoms with Crippen molar-refractivity contribution in [3.8, 4) is 0 Å². The molecule has 2 aromatic carbocycles. The van der Waals surface area contributed by atoms with Crippen LogP contribution in [0.2, 0.25) is 0 Å². The molecule has 1 aliphatic heterocycles. The van der Waals surface area contributed by atoms with E-state index in [4.69, 9.17) is 0 Å². The number of hydrogen-bond donors (Lipinski definition) is 1. The SMILES string of the molecule is CC1=CC[C@@H]2C(=O)N(c3ccccc3C(=O)Nc3ccc(F)cc3)C(=O)[C@@H]2C1. The number of allylic oxidation sites excluding steroid dienone is 2. The van der Waals surface area contributed by atoms with Crippen LogP contribution in [-0.2, 0) is 9.59 Å². The highest BCUT2D eigenvalue weighted by Crippen LogP contribution is 2.40. The highest BCUT2D eigenvalue weighted by Gasteiger charge is 2.49. The smallest absolute Gasteiger partial charge is 0.257 e. The number of nitrogens with one attached hydrogen (secondary N) is 1. The summed E-state index contributed by atoms with van der Waals surface area (Å²) in [6.07, 6.45) is 3.11. The third-order valence-corrected chi connectivity index (χ3v) is 5.31. The lowest BCUT2D eigenvalue weighted by Crippen LogP contribution is -2.33. The van der Waals surface area contributed by atoms with Gasteiger partial charge in [0.15, 0.2) is 0 Å². The van der Waals surface area contributed by atoms with Gasteiger partial charge in [-0.15, -0.1) is 0 Å². The molecule has 5 nitrogen and oxygen atoms in total. The van der Waals surface area contributed by atoms with E-state index in [2.05, 4.69) is 5.32 Å². The van der Waals surface area contributed by atoms with E-state index < -0.39 is 11.7 Å². The number of benzene rings is 2. The van der Waals surface area contributed by atoms with Gasteiger partial charge in [0.2, 0.25) is 11.8 Å². The zero-order valence-electron chi connectivity index (χ0n) is 15.3. The Labute approximate surface area is 161 Å². The highest BCUT2D eigenvalue weighted by molar-refractivity contribution is 6.25. The monoisotopic (exact) mass is 378 g/mol. The summed E-state index contributed by atoms with van der Waals surface area (Å²) >= 11 is 0. The quantitative estimate of drug-likeness (QED) is 0.650. The average Bonchev–Trinajstić information content (AvgIpc) is 2.93. The van der Waals surface area contributed by atoms with Gasteiger partial charge in [0.1, 0.15) is 5.82 Å². The highest BCUT2D eigenvalue weighted by atomic mass is 19.1. The number of carbonyl (C=O) groups excluding carboxylic acids is 3. The number of anilines is 2. The number of para-hydroxylation sites is 1. The largest absolute Gasteiger partial charge is 0.322 e. The van der Waals surface area contributed by atoms with Gasteiger partial charge >= 0.3 is 0 Å². The molecule has 1 fully saturated rings. The van der Waals surface area contributed by atoms with E-state index in [1.54, 1.807) is 24.3 Å². The minimum Gasteiger partial charge on any atom is -0.322 e. The van der Waals surface area contributed by atoms with Crippen molar-refractivity contribution in [2.24, 2.45) is 11.8 Å². The minimum atomic E-state index is -0.466. The van der Waals surface area contributed by atoms with Crippen LogP contribution in [0.3, 0.4) is 0 Å². The first-order chi connectivity index (χ1) is 13.5. The fourth-order valence-corrected chi connectivity index (χ4v) is 3.87. The van der Waals surface area contributed by atoms with E-state index in [1.807, 2.05) is 13.0 Å². The second kappa shape index (κ2) is 7.03. The fourth-order valence-electron chi connectivity index (χ4n) is 3.87. The van der Waals surface area contributed by atoms with Crippen LogP contribution in [0.5, 0.6) is 0 Å². The Kier molecular flexibility index (Phi) is 4.55. The molecule has 0 unspecified atom stereocenters. The third kappa shape index (κ3) is 3.11. The first kappa shape index (κ1) is 18.1. The molecule has 3 amide bonds. The molecule has 1 heterocycles. The number of halogens is 1. The Morgan fingerprint density at radius 2 is 1.71 bits per heavy atom. The van der Waals surface area contributed by atoms with E-state index in [1.165, 1.54) is 24.3 Å². The van der Waals surface area contributed by atoms with Crippen LogP contribution in [-0.4, -0.2) is 17.7 Å². The second-order valence-corrected chi connectivity index (χ2v) is 7.19. The maximum absolute atomic E-state index is 13.1. The van der Waals surface area contributed by atoms with Gasteiger partial charge in [-0.25, -0.2) is 9.29 Å². The van der Waals surface area contributed by atoms with Crippen molar-refractivity contribution in [1.29, 1.82) is 0 Å². The van der Waals surface area contributed by atoms with Crippen LogP contribution in [0, 0.1) is 17.7 Å². The second-order valence-electron chi connectivity index (χ2n) is 7.19. The maximum Gasteiger partial charge on any atom is 0.257 e. The van der Waals surface area contributed by atoms with Gasteiger partial charge in [-0.3, -0.25) is 14.4 Å². The van der Waals surface area contributed by atoms with Crippen LogP contribution >= 0.6 is 0 Å². The number of carbonyl (C=O) groups is 3. The van der Waals surface area contributed by atoms with E-state index in [-0.39, 0.29) is 34.9 Å². The Hall–Kier alpha value is -3.28. The molecule has 2 aromatic rings. The summed E-state index contributed by atoms with van der Waals surface area (Å²) in [5.74, 6) is -2.13. The van der Waals surface area contributed by atoms with E-state index in [0.29, 0.717) is 18.5 Å². The van der Waals surface area contributed by atoms with Crippen molar-refractivity contribution in [2.45, 2.75) is 19.8 Å². The van der Waals surface area contributed by atoms with Gasteiger partial charge in [0, 0.05) is 5.69 Å². The predicted molar refractivity (Wildman–Crippen MR) is 103 cm³/mol. The van der Waals surface area contributed by atoms with Crippen molar-refractivity contribution >= 4 is 29.1 Å². The van der Waals surface area contributed by atoms with Crippen LogP contribution in [0.4, 0.5) is 15.8 Å². The normalized spacial score (nSPS) is 21.4. The Bertz CT molecular complexity index is 997. The molecule has 1 N–H and O–H groups in total. The predicted octanol–water partition coefficient (Wildman–Crippen LogP) is 3.92. The van der Waals surface area contributed by atoms with Crippen molar-refractivity contribution in [1.82, 2.24) is 0 Å². The number of imide groups is 1. The van der Waals surface area contributed by atoms with Crippen molar-refractivity contribution in [3.05, 3.63) is 71.6 Å². The zero-order valence-corrected chi connectivity index (χ0v) is 15.3. The first-order valence-electron chi connectivity index (χ1n) is 9.15. The summed E-state index contributed by atoms with van der Waals surface area (Å²) in [4.78, 5) is 39.8. The van der Waals surface area contributed by atoms with Crippen LogP contribution in [0.25, 0.3) is 0 Å². The van der Waals surface area contributed by atoms with E-state index in [0.717, 1.165) is 10.5 Å². The summed E-state index contributed by atoms with van der Waals surface area (Å²) < 4.78 is 13.1. The maximum atomic E-state index is 13.1. The molecule has 4 rings (SSSR count). The summed E-state index contributed by atoms with van der Waals surface area (Å²) in [5, 5.41) is 2.68. The Balaban J connectivity index is 1.65. The molecule has 0 spiro atoms. The summed E-state index contributed by atoms with van der Waals surface area (Å²) in [6.45, 7) is 1.96. The van der Waals surface area contributed by atoms with Gasteiger partial charge < -0.3 is 5.32 Å². The Morgan fingerprint density at radius 3 is 2.46 bits per heavy atom. The van der Waals surface area contributed by atoms with Crippen LogP contribution in [0.15, 0.2) is 60.2 Å². The number of nitrogens with zero attached hydrogens (tertiary/aromatic N) is 1. The molecule has 6 heteroatoms. The molecule has 0 aromatic heterocycles. The summed E-state index contributed by atoms with van der Waals surface area (Å²) in [5.41, 5.74) is 2.03. The lowest BCUT2D eigenvalue weighted by molar-refractivity contribution is -0.122. The topological polar surface area (TPSA) is 66.5 Å². The number of hydrogen-bond acceptors (Lipinski definition) is 3. The van der Waals surface area contributed by atoms with E-state index in [9.17, 15) is 18.8 Å². The van der Waals surface area contributed by atoms with Gasteiger partial charge in [0.05, 0.1) is 23.1 Å². The third-order valence-electron chi connectivity index (χ3n) is 5.31. The number of rotatable bonds is 3. The lowest BCUT2D eigenvalue weighted by atomic mass is 9.82. The standard InChI is InChI=1S/C22H19FN2O3/c1-13-6-11-16-18(12-13)22(28)25(21(16)27)19-5-3-2-4-17(19)20(26)24-15-9-7-14(23)8-10-15/h2-10,16,18H,11-12H2,1H3,(H,24,26)/t16-,18+/m0/s1. The van der Waals surface area contributed by atoms with Crippen molar-refractivity contribution in [3.63, 3.8) is 0 Å². The fraction of sp³-hybridized carbons (Fsp3) is 0.227. The molecule has 1 aliphatic carbocycles. The van der Waals surface area contributed by atoms with Crippen molar-refractivity contribution in [2.75, 3.05) is 10.2 Å². The molecule has 1 saturated heterocycles. The summed E-state index contributed by atoms with van der Waals surface area (Å²) in [7, 11) is 0. The zero-order chi connectivity index (χ0) is 19.8. The lowest BCUT2D eigenvalue weighted by Gasteiger charge is -2.19. The average molecular weight is 378 g/mol. The molecule has 0 saturated carbocycles. The molecule has 0 radical (unpaired) electrons. The first-order valence-corrected chi connectivity index (χ1v) is 9.15. The molecule has 0 bridgehead atoms. The molecular weight excluding hydrogens is 359 g/mol. The van der Waals surface area contributed by atoms with Gasteiger partial charge in [0.25, 0.3) is 5.91 Å².